The summed E-state index contributed by atoms with van der Waals surface area (Å²) in [7, 11) is 1.72. The van der Waals surface area contributed by atoms with Crippen molar-refractivity contribution in [1.82, 2.24) is 9.88 Å². The van der Waals surface area contributed by atoms with Gasteiger partial charge in [0.1, 0.15) is 5.75 Å². The fourth-order valence-corrected chi connectivity index (χ4v) is 4.53. The van der Waals surface area contributed by atoms with E-state index in [0.29, 0.717) is 5.69 Å². The molecular formula is C23H27N3O3. The summed E-state index contributed by atoms with van der Waals surface area (Å²) in [5, 5.41) is 10.4. The Labute approximate surface area is 170 Å². The molecule has 6 heteroatoms. The van der Waals surface area contributed by atoms with E-state index in [4.69, 9.17) is 10.5 Å². The van der Waals surface area contributed by atoms with E-state index in [0.717, 1.165) is 54.7 Å². The highest BCUT2D eigenvalue weighted by Gasteiger charge is 2.27. The number of nitrogen functional groups attached to an aromatic ring is 1. The number of aromatic nitrogens is 1. The van der Waals surface area contributed by atoms with E-state index in [1.54, 1.807) is 19.2 Å². The van der Waals surface area contributed by atoms with Gasteiger partial charge in [-0.1, -0.05) is 12.5 Å². The third kappa shape index (κ3) is 3.56. The highest BCUT2D eigenvalue weighted by atomic mass is 16.5. The molecule has 4 N–H and O–H groups in total. The first-order chi connectivity index (χ1) is 14.0. The number of aryl methyl sites for hydroxylation is 1. The molecule has 0 bridgehead atoms. The van der Waals surface area contributed by atoms with Gasteiger partial charge in [0.25, 0.3) is 0 Å². The smallest absolute Gasteiger partial charge is 0.335 e. The molecule has 3 aromatic rings. The lowest BCUT2D eigenvalue weighted by atomic mass is 9.92. The molecule has 4 rings (SSSR count). The van der Waals surface area contributed by atoms with Crippen LogP contribution in [0.4, 0.5) is 5.69 Å². The van der Waals surface area contributed by atoms with Gasteiger partial charge in [-0.05, 0) is 61.7 Å². The number of nitrogens with two attached hydrogens (primary N) is 1. The van der Waals surface area contributed by atoms with Crippen molar-refractivity contribution in [2.75, 3.05) is 19.4 Å². The van der Waals surface area contributed by atoms with Crippen LogP contribution in [0.5, 0.6) is 5.75 Å². The Morgan fingerprint density at radius 1 is 1.31 bits per heavy atom. The van der Waals surface area contributed by atoms with Gasteiger partial charge in [-0.25, -0.2) is 4.79 Å². The molecular weight excluding hydrogens is 366 g/mol. The van der Waals surface area contributed by atoms with Crippen molar-refractivity contribution in [2.24, 2.45) is 0 Å². The van der Waals surface area contributed by atoms with Crippen LogP contribution < -0.4 is 10.5 Å². The van der Waals surface area contributed by atoms with Gasteiger partial charge in [0.05, 0.1) is 12.7 Å². The Hall–Kier alpha value is -2.99. The monoisotopic (exact) mass is 393 g/mol. The van der Waals surface area contributed by atoms with Crippen molar-refractivity contribution in [2.45, 2.75) is 38.8 Å². The van der Waals surface area contributed by atoms with E-state index in [-0.39, 0.29) is 11.6 Å². The number of anilines is 1. The molecule has 1 atom stereocenters. The lowest BCUT2D eigenvalue weighted by Gasteiger charge is -2.37. The zero-order chi connectivity index (χ0) is 20.5. The number of hydrogen-bond donors (Lipinski definition) is 3. The van der Waals surface area contributed by atoms with Crippen molar-refractivity contribution < 1.29 is 14.6 Å². The average molecular weight is 393 g/mol. The van der Waals surface area contributed by atoms with Crippen LogP contribution in [0.2, 0.25) is 0 Å². The second-order valence-corrected chi connectivity index (χ2v) is 7.77. The van der Waals surface area contributed by atoms with E-state index in [1.807, 2.05) is 12.3 Å². The van der Waals surface area contributed by atoms with Gasteiger partial charge in [0.15, 0.2) is 0 Å². The molecule has 0 radical (unpaired) electrons. The second kappa shape index (κ2) is 7.79. The van der Waals surface area contributed by atoms with Crippen molar-refractivity contribution in [3.8, 4) is 5.75 Å². The lowest BCUT2D eigenvalue weighted by molar-refractivity contribution is 0.0697. The number of aromatic amines is 1. The molecule has 0 aliphatic carbocycles. The fraction of sp³-hybridized carbons (Fsp3) is 0.348. The molecule has 1 fully saturated rings. The number of nitrogens with one attached hydrogen (secondary N) is 1. The molecule has 1 saturated heterocycles. The van der Waals surface area contributed by atoms with Crippen LogP contribution in [0.25, 0.3) is 10.9 Å². The summed E-state index contributed by atoms with van der Waals surface area (Å²) in [6.45, 7) is 3.80. The average Bonchev–Trinajstić information content (AvgIpc) is 3.21. The van der Waals surface area contributed by atoms with Crippen molar-refractivity contribution in [3.05, 3.63) is 58.8 Å². The molecule has 0 amide bonds. The normalized spacial score (nSPS) is 17.5. The number of likely N-dealkylation sites (tertiary alicyclic amines) is 1. The van der Waals surface area contributed by atoms with Crippen molar-refractivity contribution >= 4 is 22.6 Å². The second-order valence-electron chi connectivity index (χ2n) is 7.77. The number of fused-ring (bicyclic) bond motifs is 1. The Bertz CT molecular complexity index is 1060. The van der Waals surface area contributed by atoms with Gasteiger partial charge >= 0.3 is 5.97 Å². The molecule has 0 unspecified atom stereocenters. The number of piperidine rings is 1. The molecule has 29 heavy (non-hydrogen) atoms. The topological polar surface area (TPSA) is 91.6 Å². The van der Waals surface area contributed by atoms with Crippen LogP contribution in [-0.2, 0) is 6.54 Å². The fourth-order valence-electron chi connectivity index (χ4n) is 4.53. The SMILES string of the molecule is COc1cc(C)c2[nH]ccc2c1CN1CCCC[C@@H]1c1ccc(C(=O)O)cc1N. The minimum atomic E-state index is -0.956. The summed E-state index contributed by atoms with van der Waals surface area (Å²) in [5.41, 5.74) is 11.5. The van der Waals surface area contributed by atoms with Crippen LogP contribution in [0.15, 0.2) is 36.5 Å². The highest BCUT2D eigenvalue weighted by Crippen LogP contribution is 2.38. The molecule has 2 aromatic carbocycles. The van der Waals surface area contributed by atoms with Gasteiger partial charge in [0, 0.05) is 40.9 Å². The standard InChI is InChI=1S/C23H27N3O3/c1-14-11-21(29-2)18(16-8-9-25-22(14)16)13-26-10-4-3-5-20(26)17-7-6-15(23(27)28)12-19(17)24/h6-9,11-12,20,25H,3-5,10,13,24H2,1-2H3,(H,27,28)/t20-/m1/s1. The molecule has 1 aromatic heterocycles. The number of methoxy groups -OCH3 is 1. The van der Waals surface area contributed by atoms with Crippen LogP contribution in [0.3, 0.4) is 0 Å². The van der Waals surface area contributed by atoms with E-state index in [2.05, 4.69) is 28.9 Å². The van der Waals surface area contributed by atoms with Gasteiger partial charge < -0.3 is 20.6 Å². The Morgan fingerprint density at radius 3 is 2.86 bits per heavy atom. The number of carboxylic acids is 1. The molecule has 1 aliphatic rings. The first kappa shape index (κ1) is 19.3. The van der Waals surface area contributed by atoms with E-state index < -0.39 is 5.97 Å². The lowest BCUT2D eigenvalue weighted by Crippen LogP contribution is -2.33. The molecule has 0 saturated carbocycles. The number of carbonyl (C=O) groups is 1. The van der Waals surface area contributed by atoms with Gasteiger partial charge in [-0.15, -0.1) is 0 Å². The first-order valence-corrected chi connectivity index (χ1v) is 10.00. The molecule has 2 heterocycles. The van der Waals surface area contributed by atoms with Gasteiger partial charge in [-0.2, -0.15) is 0 Å². The van der Waals surface area contributed by atoms with Crippen LogP contribution in [0.1, 0.15) is 52.4 Å². The summed E-state index contributed by atoms with van der Waals surface area (Å²) in [4.78, 5) is 17.0. The number of nitrogens with zero attached hydrogens (tertiary/aromatic N) is 1. The minimum absolute atomic E-state index is 0.159. The Balaban J connectivity index is 1.71. The number of rotatable bonds is 5. The number of hydrogen-bond acceptors (Lipinski definition) is 4. The maximum absolute atomic E-state index is 11.3. The van der Waals surface area contributed by atoms with Crippen LogP contribution in [-0.4, -0.2) is 34.6 Å². The third-order valence-corrected chi connectivity index (χ3v) is 6.00. The maximum atomic E-state index is 11.3. The number of benzene rings is 2. The minimum Gasteiger partial charge on any atom is -0.496 e. The van der Waals surface area contributed by atoms with Crippen LogP contribution >= 0.6 is 0 Å². The predicted octanol–water partition coefficient (Wildman–Crippen LogP) is 4.49. The number of H-pyrrole nitrogens is 1. The largest absolute Gasteiger partial charge is 0.496 e. The third-order valence-electron chi connectivity index (χ3n) is 6.00. The Kier molecular flexibility index (Phi) is 5.20. The molecule has 0 spiro atoms. The van der Waals surface area contributed by atoms with E-state index in [1.165, 1.54) is 10.9 Å². The van der Waals surface area contributed by atoms with Crippen LogP contribution in [0, 0.1) is 6.92 Å². The molecule has 1 aliphatic heterocycles. The summed E-state index contributed by atoms with van der Waals surface area (Å²) in [6, 6.07) is 9.45. The van der Waals surface area contributed by atoms with Gasteiger partial charge in [-0.3, -0.25) is 4.90 Å². The summed E-state index contributed by atoms with van der Waals surface area (Å²) in [5.74, 6) is -0.0592. The summed E-state index contributed by atoms with van der Waals surface area (Å²) < 4.78 is 5.72. The highest BCUT2D eigenvalue weighted by molar-refractivity contribution is 5.89. The maximum Gasteiger partial charge on any atom is 0.335 e. The number of carboxylic acid groups (broad SMARTS) is 1. The summed E-state index contributed by atoms with van der Waals surface area (Å²) >= 11 is 0. The predicted molar refractivity (Wildman–Crippen MR) is 114 cm³/mol. The van der Waals surface area contributed by atoms with E-state index >= 15 is 0 Å². The quantitative estimate of drug-likeness (QED) is 0.556. The number of ether oxygens (including phenoxy) is 1. The van der Waals surface area contributed by atoms with Crippen molar-refractivity contribution in [1.29, 1.82) is 0 Å². The van der Waals surface area contributed by atoms with Crippen molar-refractivity contribution in [3.63, 3.8) is 0 Å². The van der Waals surface area contributed by atoms with Gasteiger partial charge in [0.2, 0.25) is 0 Å². The summed E-state index contributed by atoms with van der Waals surface area (Å²) in [6.07, 6.45) is 5.23. The van der Waals surface area contributed by atoms with E-state index in [9.17, 15) is 9.90 Å². The molecule has 6 nitrogen and oxygen atoms in total. The first-order valence-electron chi connectivity index (χ1n) is 10.00. The molecule has 152 valence electrons. The zero-order valence-corrected chi connectivity index (χ0v) is 16.9. The number of aromatic carboxylic acids is 1. The zero-order valence-electron chi connectivity index (χ0n) is 16.9. The Morgan fingerprint density at radius 2 is 2.14 bits per heavy atom.